The van der Waals surface area contributed by atoms with E-state index in [4.69, 9.17) is 4.74 Å². The summed E-state index contributed by atoms with van der Waals surface area (Å²) in [6.45, 7) is 6.50. The van der Waals surface area contributed by atoms with Gasteiger partial charge in [-0.15, -0.1) is 10.2 Å². The molecule has 2 aromatic rings. The lowest BCUT2D eigenvalue weighted by molar-refractivity contribution is -0.144. The summed E-state index contributed by atoms with van der Waals surface area (Å²) < 4.78 is 8.05. The zero-order valence-electron chi connectivity index (χ0n) is 15.8. The Labute approximate surface area is 159 Å². The minimum Gasteiger partial charge on any atom is -0.364 e. The molecule has 1 atom stereocenters. The number of nitrogens with zero attached hydrogens (tertiary/aromatic N) is 4. The van der Waals surface area contributed by atoms with Crippen molar-refractivity contribution >= 4 is 5.91 Å². The van der Waals surface area contributed by atoms with Crippen LogP contribution in [0.5, 0.6) is 0 Å². The maximum Gasteiger partial charge on any atom is 0.251 e. The highest BCUT2D eigenvalue weighted by Crippen LogP contribution is 2.28. The summed E-state index contributed by atoms with van der Waals surface area (Å²) in [5.74, 6) is 2.58. The summed E-state index contributed by atoms with van der Waals surface area (Å²) in [7, 11) is 0. The van der Waals surface area contributed by atoms with E-state index in [1.54, 1.807) is 0 Å². The summed E-state index contributed by atoms with van der Waals surface area (Å²) >= 11 is 0. The Hall–Kier alpha value is -2.25. The van der Waals surface area contributed by atoms with Gasteiger partial charge in [0.1, 0.15) is 17.8 Å². The number of aromatic nitrogens is 3. The van der Waals surface area contributed by atoms with Crippen LogP contribution in [0.2, 0.25) is 0 Å². The number of fused-ring (bicyclic) bond motifs is 1. The molecule has 2 aliphatic rings. The molecule has 1 amide bonds. The van der Waals surface area contributed by atoms with E-state index in [1.807, 2.05) is 42.2 Å². The van der Waals surface area contributed by atoms with Gasteiger partial charge in [0.25, 0.3) is 5.91 Å². The Balaban J connectivity index is 1.29. The molecular weight excluding hydrogens is 342 g/mol. The zero-order chi connectivity index (χ0) is 18.6. The molecule has 2 aliphatic heterocycles. The number of nitrogens with one attached hydrogen (secondary N) is 1. The lowest BCUT2D eigenvalue weighted by Gasteiger charge is -2.33. The van der Waals surface area contributed by atoms with Gasteiger partial charge >= 0.3 is 0 Å². The largest absolute Gasteiger partial charge is 0.364 e. The highest BCUT2D eigenvalue weighted by Gasteiger charge is 2.30. The number of amides is 1. The molecule has 144 valence electrons. The van der Waals surface area contributed by atoms with Gasteiger partial charge in [-0.25, -0.2) is 0 Å². The van der Waals surface area contributed by atoms with Crippen molar-refractivity contribution in [3.8, 4) is 0 Å². The summed E-state index contributed by atoms with van der Waals surface area (Å²) in [5, 5.41) is 12.1. The third-order valence-corrected chi connectivity index (χ3v) is 5.51. The summed E-state index contributed by atoms with van der Waals surface area (Å²) in [6.07, 6.45) is 1.44. The van der Waals surface area contributed by atoms with Crippen molar-refractivity contribution < 1.29 is 9.53 Å². The number of carbonyl (C=O) groups is 1. The van der Waals surface area contributed by atoms with Crippen LogP contribution in [0, 0.1) is 0 Å². The molecule has 1 N–H and O–H groups in total. The first-order valence-electron chi connectivity index (χ1n) is 9.79. The Morgan fingerprint density at radius 1 is 1.22 bits per heavy atom. The van der Waals surface area contributed by atoms with Crippen LogP contribution in [-0.4, -0.2) is 51.3 Å². The van der Waals surface area contributed by atoms with Crippen molar-refractivity contribution in [2.24, 2.45) is 0 Å². The fraction of sp³-hybridized carbons (Fsp3) is 0.550. The third kappa shape index (κ3) is 4.04. The molecule has 0 saturated carbocycles. The van der Waals surface area contributed by atoms with Gasteiger partial charge < -0.3 is 19.5 Å². The Bertz CT molecular complexity index is 768. The predicted molar refractivity (Wildman–Crippen MR) is 101 cm³/mol. The van der Waals surface area contributed by atoms with Crippen molar-refractivity contribution in [1.82, 2.24) is 25.0 Å². The molecule has 0 radical (unpaired) electrons. The molecule has 1 fully saturated rings. The van der Waals surface area contributed by atoms with Gasteiger partial charge in [0, 0.05) is 32.1 Å². The van der Waals surface area contributed by atoms with E-state index in [9.17, 15) is 4.79 Å². The molecule has 4 rings (SSSR count). The molecule has 3 heterocycles. The average molecular weight is 369 g/mol. The highest BCUT2D eigenvalue weighted by atomic mass is 16.5. The Morgan fingerprint density at radius 3 is 2.78 bits per heavy atom. The van der Waals surface area contributed by atoms with E-state index < -0.39 is 6.10 Å². The molecule has 27 heavy (non-hydrogen) atoms. The predicted octanol–water partition coefficient (Wildman–Crippen LogP) is 1.69. The second-order valence-electron chi connectivity index (χ2n) is 7.34. The molecule has 7 nitrogen and oxygen atoms in total. The molecule has 1 unspecified atom stereocenters. The number of ether oxygens (including phenoxy) is 1. The summed E-state index contributed by atoms with van der Waals surface area (Å²) in [6, 6.07) is 9.96. The van der Waals surface area contributed by atoms with E-state index in [-0.39, 0.29) is 5.91 Å². The van der Waals surface area contributed by atoms with Crippen molar-refractivity contribution in [2.45, 2.75) is 51.5 Å². The topological polar surface area (TPSA) is 72.3 Å². The molecule has 1 aromatic heterocycles. The average Bonchev–Trinajstić information content (AvgIpc) is 3.16. The van der Waals surface area contributed by atoms with Crippen LogP contribution in [0.4, 0.5) is 0 Å². The van der Waals surface area contributed by atoms with E-state index in [2.05, 4.69) is 20.1 Å². The standard InChI is InChI=1S/C20H27N5O2/c1-15(27-14-16-5-3-2-4-6-16)20(26)24-10-7-17(8-11-24)19-23-22-18-13-21-9-12-25(18)19/h2-6,15,17,21H,7-14H2,1H3. The van der Waals surface area contributed by atoms with Crippen LogP contribution < -0.4 is 5.32 Å². The second kappa shape index (κ2) is 8.19. The van der Waals surface area contributed by atoms with Crippen molar-refractivity contribution in [2.75, 3.05) is 19.6 Å². The van der Waals surface area contributed by atoms with Crippen LogP contribution in [0.1, 0.15) is 42.9 Å². The number of carbonyl (C=O) groups excluding carboxylic acids is 1. The van der Waals surface area contributed by atoms with Crippen LogP contribution in [0.25, 0.3) is 0 Å². The first-order valence-corrected chi connectivity index (χ1v) is 9.79. The Morgan fingerprint density at radius 2 is 2.00 bits per heavy atom. The second-order valence-corrected chi connectivity index (χ2v) is 7.34. The number of rotatable bonds is 5. The van der Waals surface area contributed by atoms with E-state index in [0.717, 1.165) is 62.8 Å². The van der Waals surface area contributed by atoms with Gasteiger partial charge in [0.2, 0.25) is 0 Å². The van der Waals surface area contributed by atoms with Crippen LogP contribution >= 0.6 is 0 Å². The normalized spacial score (nSPS) is 18.9. The number of likely N-dealkylation sites (tertiary alicyclic amines) is 1. The van der Waals surface area contributed by atoms with Gasteiger partial charge in [-0.2, -0.15) is 0 Å². The quantitative estimate of drug-likeness (QED) is 0.868. The van der Waals surface area contributed by atoms with Crippen LogP contribution in [0.15, 0.2) is 30.3 Å². The van der Waals surface area contributed by atoms with Gasteiger partial charge in [0.15, 0.2) is 0 Å². The lowest BCUT2D eigenvalue weighted by Crippen LogP contribution is -2.43. The van der Waals surface area contributed by atoms with Crippen molar-refractivity contribution in [1.29, 1.82) is 0 Å². The molecular formula is C20H27N5O2. The molecule has 0 bridgehead atoms. The number of benzene rings is 1. The van der Waals surface area contributed by atoms with Crippen molar-refractivity contribution in [3.63, 3.8) is 0 Å². The van der Waals surface area contributed by atoms with Gasteiger partial charge in [-0.1, -0.05) is 30.3 Å². The maximum absolute atomic E-state index is 12.7. The first-order chi connectivity index (χ1) is 13.2. The van der Waals surface area contributed by atoms with Crippen LogP contribution in [-0.2, 0) is 29.2 Å². The van der Waals surface area contributed by atoms with E-state index >= 15 is 0 Å². The zero-order valence-corrected chi connectivity index (χ0v) is 15.8. The van der Waals surface area contributed by atoms with E-state index in [1.165, 1.54) is 0 Å². The summed E-state index contributed by atoms with van der Waals surface area (Å²) in [4.78, 5) is 14.6. The van der Waals surface area contributed by atoms with Gasteiger partial charge in [-0.05, 0) is 25.3 Å². The number of hydrogen-bond donors (Lipinski definition) is 1. The summed E-state index contributed by atoms with van der Waals surface area (Å²) in [5.41, 5.74) is 1.09. The minimum absolute atomic E-state index is 0.0804. The molecule has 1 aromatic carbocycles. The molecule has 0 spiro atoms. The number of piperidine rings is 1. The maximum atomic E-state index is 12.7. The highest BCUT2D eigenvalue weighted by molar-refractivity contribution is 5.80. The van der Waals surface area contributed by atoms with Gasteiger partial charge in [0.05, 0.1) is 13.2 Å². The van der Waals surface area contributed by atoms with Crippen molar-refractivity contribution in [3.05, 3.63) is 47.5 Å². The first kappa shape index (κ1) is 18.1. The van der Waals surface area contributed by atoms with E-state index in [0.29, 0.717) is 12.5 Å². The monoisotopic (exact) mass is 369 g/mol. The lowest BCUT2D eigenvalue weighted by atomic mass is 9.95. The molecule has 0 aliphatic carbocycles. The fourth-order valence-corrected chi connectivity index (χ4v) is 3.90. The molecule has 1 saturated heterocycles. The smallest absolute Gasteiger partial charge is 0.251 e. The molecule has 7 heteroatoms. The SMILES string of the molecule is CC(OCc1ccccc1)C(=O)N1CCC(c2nnc3n2CCNC3)CC1. The van der Waals surface area contributed by atoms with Gasteiger partial charge in [-0.3, -0.25) is 4.79 Å². The fourth-order valence-electron chi connectivity index (χ4n) is 3.90. The third-order valence-electron chi connectivity index (χ3n) is 5.51. The Kier molecular flexibility index (Phi) is 5.50. The minimum atomic E-state index is -0.423. The number of hydrogen-bond acceptors (Lipinski definition) is 5. The van der Waals surface area contributed by atoms with Crippen LogP contribution in [0.3, 0.4) is 0 Å².